The highest BCUT2D eigenvalue weighted by Gasteiger charge is 2.20. The van der Waals surface area contributed by atoms with E-state index >= 15 is 0 Å². The van der Waals surface area contributed by atoms with Crippen molar-refractivity contribution in [3.8, 4) is 5.75 Å². The van der Waals surface area contributed by atoms with Crippen molar-refractivity contribution < 1.29 is 19.5 Å². The van der Waals surface area contributed by atoms with Crippen molar-refractivity contribution in [3.05, 3.63) is 89.2 Å². The van der Waals surface area contributed by atoms with E-state index in [-0.39, 0.29) is 18.9 Å². The van der Waals surface area contributed by atoms with Gasteiger partial charge >= 0.3 is 5.97 Å². The van der Waals surface area contributed by atoms with Crippen LogP contribution in [0.4, 0.5) is 0 Å². The highest BCUT2D eigenvalue weighted by Crippen LogP contribution is 2.25. The number of carboxylic acids is 1. The average molecular weight is 449 g/mol. The molecule has 0 saturated carbocycles. The molecule has 2 aromatic carbocycles. The fourth-order valence-electron chi connectivity index (χ4n) is 3.14. The minimum absolute atomic E-state index is 0.0347. The second-order valence-corrected chi connectivity index (χ2v) is 7.45. The van der Waals surface area contributed by atoms with Crippen LogP contribution in [0.5, 0.6) is 5.75 Å². The van der Waals surface area contributed by atoms with Gasteiger partial charge in [0.25, 0.3) is 0 Å². The van der Waals surface area contributed by atoms with Crippen LogP contribution in [0.2, 0.25) is 0 Å². The van der Waals surface area contributed by atoms with E-state index in [9.17, 15) is 9.90 Å². The lowest BCUT2D eigenvalue weighted by Crippen LogP contribution is -2.15. The summed E-state index contributed by atoms with van der Waals surface area (Å²) >= 11 is 0. The number of hydrogen-bond acceptors (Lipinski definition) is 5. The average Bonchev–Trinajstić information content (AvgIpc) is 2.83. The fourth-order valence-corrected chi connectivity index (χ4v) is 3.14. The van der Waals surface area contributed by atoms with E-state index in [2.05, 4.69) is 17.1 Å². The molecule has 0 spiro atoms. The number of oxime groups is 1. The first-order valence-corrected chi connectivity index (χ1v) is 11.0. The van der Waals surface area contributed by atoms with Crippen molar-refractivity contribution >= 4 is 17.9 Å². The molecule has 0 radical (unpaired) electrons. The van der Waals surface area contributed by atoms with Gasteiger partial charge in [0, 0.05) is 18.7 Å². The van der Waals surface area contributed by atoms with Crippen LogP contribution in [-0.2, 0) is 9.63 Å². The molecule has 33 heavy (non-hydrogen) atoms. The normalized spacial score (nSPS) is 13.8. The Morgan fingerprint density at radius 3 is 2.39 bits per heavy atom. The molecule has 0 amide bonds. The van der Waals surface area contributed by atoms with Gasteiger partial charge in [0.2, 0.25) is 0 Å². The number of hydrogen-bond donors (Lipinski definition) is 1. The molecular weight excluding hydrogens is 416 g/mol. The molecule has 0 fully saturated rings. The lowest BCUT2D eigenvalue weighted by atomic mass is 9.90. The van der Waals surface area contributed by atoms with Crippen molar-refractivity contribution in [3.63, 3.8) is 0 Å². The molecule has 0 aliphatic rings. The first-order valence-electron chi connectivity index (χ1n) is 11.0. The summed E-state index contributed by atoms with van der Waals surface area (Å²) in [6.45, 7) is 6.16. The van der Waals surface area contributed by atoms with Gasteiger partial charge in [-0.3, -0.25) is 9.79 Å². The van der Waals surface area contributed by atoms with Gasteiger partial charge in [-0.2, -0.15) is 0 Å². The number of aliphatic carboxylic acids is 1. The Balaban J connectivity index is 2.09. The topological polar surface area (TPSA) is 80.5 Å². The first-order chi connectivity index (χ1) is 16.0. The van der Waals surface area contributed by atoms with Crippen molar-refractivity contribution in [2.75, 3.05) is 13.7 Å². The van der Waals surface area contributed by atoms with Crippen LogP contribution < -0.4 is 4.74 Å². The summed E-state index contributed by atoms with van der Waals surface area (Å²) in [5.74, 6) is 0.118. The van der Waals surface area contributed by atoms with E-state index < -0.39 is 5.97 Å². The molecule has 0 heterocycles. The number of aliphatic imine (C=N–C) groups is 1. The van der Waals surface area contributed by atoms with Crippen molar-refractivity contribution in [2.24, 2.45) is 10.1 Å². The molecule has 0 saturated heterocycles. The zero-order chi connectivity index (χ0) is 24.1. The number of carboxylic acid groups (broad SMARTS) is 1. The molecule has 2 aromatic rings. The Kier molecular flexibility index (Phi) is 10.6. The Bertz CT molecular complexity index is 1010. The molecule has 174 valence electrons. The van der Waals surface area contributed by atoms with Gasteiger partial charge < -0.3 is 14.7 Å². The fraction of sp³-hybridized carbons (Fsp3) is 0.296. The molecule has 6 nitrogen and oxygen atoms in total. The van der Waals surface area contributed by atoms with Crippen molar-refractivity contribution in [1.82, 2.24) is 0 Å². The van der Waals surface area contributed by atoms with Crippen LogP contribution in [0.3, 0.4) is 0 Å². The third-order valence-electron chi connectivity index (χ3n) is 5.15. The van der Waals surface area contributed by atoms with Gasteiger partial charge in [-0.15, -0.1) is 0 Å². The molecule has 2 rings (SSSR count). The predicted octanol–water partition coefficient (Wildman–Crippen LogP) is 6.01. The van der Waals surface area contributed by atoms with E-state index in [0.717, 1.165) is 28.8 Å². The third kappa shape index (κ3) is 8.41. The molecule has 1 N–H and O–H groups in total. The highest BCUT2D eigenvalue weighted by molar-refractivity contribution is 6.01. The molecule has 0 aromatic heterocycles. The number of benzene rings is 2. The zero-order valence-electron chi connectivity index (χ0n) is 19.7. The summed E-state index contributed by atoms with van der Waals surface area (Å²) in [6.07, 6.45) is 6.15. The van der Waals surface area contributed by atoms with Gasteiger partial charge in [0.05, 0.1) is 12.6 Å². The van der Waals surface area contributed by atoms with E-state index in [1.54, 1.807) is 13.3 Å². The molecule has 1 unspecified atom stereocenters. The minimum Gasteiger partial charge on any atom is -0.486 e. The lowest BCUT2D eigenvalue weighted by molar-refractivity contribution is -0.137. The summed E-state index contributed by atoms with van der Waals surface area (Å²) in [4.78, 5) is 21.3. The maximum Gasteiger partial charge on any atom is 0.304 e. The van der Waals surface area contributed by atoms with Crippen LogP contribution in [0.1, 0.15) is 50.7 Å². The monoisotopic (exact) mass is 448 g/mol. The van der Waals surface area contributed by atoms with Gasteiger partial charge in [-0.25, -0.2) is 0 Å². The Hall–Kier alpha value is -3.67. The number of nitrogens with zero attached hydrogens (tertiary/aromatic N) is 2. The maximum atomic E-state index is 11.4. The van der Waals surface area contributed by atoms with Crippen LogP contribution in [-0.4, -0.2) is 36.7 Å². The molecule has 6 heteroatoms. The molecule has 0 bridgehead atoms. The first kappa shape index (κ1) is 25.6. The quantitative estimate of drug-likeness (QED) is 0.245. The largest absolute Gasteiger partial charge is 0.486 e. The lowest BCUT2D eigenvalue weighted by Gasteiger charge is -2.16. The highest BCUT2D eigenvalue weighted by atomic mass is 16.6. The number of rotatable bonds is 12. The summed E-state index contributed by atoms with van der Waals surface area (Å²) < 4.78 is 5.93. The van der Waals surface area contributed by atoms with Crippen molar-refractivity contribution in [1.29, 1.82) is 0 Å². The van der Waals surface area contributed by atoms with Gasteiger partial charge in [0.1, 0.15) is 12.4 Å². The standard InChI is InChI=1S/C27H32N2O4/c1-5-10-25(28-4)24(17-27(30)31)22-13-15-23(16-14-22)32-19-26(20(3)6-2)33-29-18-21-11-8-7-9-12-21/h5,7-16,18,24H,6,17,19H2,1-4H3,(H,30,31)/b10-5-,26-20+,28-25?,29-18+. The maximum absolute atomic E-state index is 11.4. The van der Waals surface area contributed by atoms with E-state index in [0.29, 0.717) is 11.5 Å². The number of carbonyl (C=O) groups is 1. The molecular formula is C27H32N2O4. The van der Waals surface area contributed by atoms with Gasteiger partial charge in [-0.1, -0.05) is 60.6 Å². The molecule has 0 aliphatic carbocycles. The van der Waals surface area contributed by atoms with Crippen LogP contribution in [0, 0.1) is 0 Å². The van der Waals surface area contributed by atoms with Crippen LogP contribution in [0.15, 0.2) is 88.2 Å². The Labute approximate surface area is 196 Å². The second-order valence-electron chi connectivity index (χ2n) is 7.45. The Morgan fingerprint density at radius 2 is 1.82 bits per heavy atom. The van der Waals surface area contributed by atoms with E-state index in [4.69, 9.17) is 9.57 Å². The number of ether oxygens (including phenoxy) is 1. The van der Waals surface area contributed by atoms with E-state index in [1.165, 1.54) is 0 Å². The second kappa shape index (κ2) is 13.7. The zero-order valence-corrected chi connectivity index (χ0v) is 19.7. The summed E-state index contributed by atoms with van der Waals surface area (Å²) in [5, 5.41) is 13.4. The summed E-state index contributed by atoms with van der Waals surface area (Å²) in [5.41, 5.74) is 3.59. The molecule has 0 aliphatic heterocycles. The number of allylic oxidation sites excluding steroid dienone is 3. The predicted molar refractivity (Wildman–Crippen MR) is 133 cm³/mol. The van der Waals surface area contributed by atoms with Crippen LogP contribution in [0.25, 0.3) is 0 Å². The SMILES string of the molecule is C/C=C\C(=NC)C(CC(=O)O)c1ccc(OC/C(O/N=C/c2ccccc2)=C(/C)CC)cc1. The summed E-state index contributed by atoms with van der Waals surface area (Å²) in [6, 6.07) is 17.1. The summed E-state index contributed by atoms with van der Waals surface area (Å²) in [7, 11) is 1.67. The Morgan fingerprint density at radius 1 is 1.12 bits per heavy atom. The minimum atomic E-state index is -0.871. The van der Waals surface area contributed by atoms with E-state index in [1.807, 2.05) is 80.6 Å². The smallest absolute Gasteiger partial charge is 0.304 e. The van der Waals surface area contributed by atoms with Gasteiger partial charge in [-0.05, 0) is 55.2 Å². The third-order valence-corrected chi connectivity index (χ3v) is 5.15. The van der Waals surface area contributed by atoms with Crippen molar-refractivity contribution in [2.45, 2.75) is 39.5 Å². The van der Waals surface area contributed by atoms with Gasteiger partial charge in [0.15, 0.2) is 5.76 Å². The van der Waals surface area contributed by atoms with Crippen LogP contribution >= 0.6 is 0 Å². The molecule has 1 atom stereocenters.